The first-order valence-electron chi connectivity index (χ1n) is 8.84. The standard InChI is InChI=1S/C18H21N3O5S/c1-12-2-4-15(5-3-12)27(24,25)21-7-6-19-18(23)16(21)9-17(22)20-10-14-8-13(20)11-26-14/h2-7,13-14,16H,8-11H2,1H3,(H,19,23)/t13-,14+,16+/m0/s1. The number of hydrogen-bond donors (Lipinski definition) is 1. The molecule has 0 radical (unpaired) electrons. The topological polar surface area (TPSA) is 96.0 Å². The number of likely N-dealkylation sites (tertiary alicyclic amines) is 1. The highest BCUT2D eigenvalue weighted by Crippen LogP contribution is 2.30. The minimum atomic E-state index is -3.95. The first kappa shape index (κ1) is 18.0. The molecule has 3 aliphatic rings. The zero-order chi connectivity index (χ0) is 19.2. The third-order valence-corrected chi connectivity index (χ3v) is 7.04. The maximum Gasteiger partial charge on any atom is 0.264 e. The van der Waals surface area contributed by atoms with Crippen molar-refractivity contribution in [1.29, 1.82) is 0 Å². The fraction of sp³-hybridized carbons (Fsp3) is 0.444. The number of rotatable bonds is 4. The summed E-state index contributed by atoms with van der Waals surface area (Å²) in [5.74, 6) is -0.743. The van der Waals surface area contributed by atoms with Crippen molar-refractivity contribution < 1.29 is 22.7 Å². The normalized spacial score (nSPS) is 27.1. The molecule has 1 aromatic carbocycles. The Bertz CT molecular complexity index is 896. The van der Waals surface area contributed by atoms with Crippen LogP contribution in [0.1, 0.15) is 18.4 Å². The average Bonchev–Trinajstić information content (AvgIpc) is 3.27. The van der Waals surface area contributed by atoms with Gasteiger partial charge in [-0.3, -0.25) is 13.9 Å². The molecule has 4 rings (SSSR count). The zero-order valence-electron chi connectivity index (χ0n) is 14.9. The number of sulfonamides is 1. The fourth-order valence-electron chi connectivity index (χ4n) is 3.76. The molecular weight excluding hydrogens is 370 g/mol. The first-order chi connectivity index (χ1) is 12.9. The van der Waals surface area contributed by atoms with E-state index < -0.39 is 22.0 Å². The molecule has 2 fully saturated rings. The number of amides is 2. The second-order valence-electron chi connectivity index (χ2n) is 7.08. The van der Waals surface area contributed by atoms with Gasteiger partial charge >= 0.3 is 0 Å². The highest BCUT2D eigenvalue weighted by atomic mass is 32.2. The Kier molecular flexibility index (Phi) is 4.43. The van der Waals surface area contributed by atoms with Crippen LogP contribution in [0, 0.1) is 6.92 Å². The maximum absolute atomic E-state index is 13.0. The van der Waals surface area contributed by atoms with E-state index in [2.05, 4.69) is 5.32 Å². The van der Waals surface area contributed by atoms with Crippen LogP contribution in [0.2, 0.25) is 0 Å². The summed E-state index contributed by atoms with van der Waals surface area (Å²) in [6.45, 7) is 2.86. The van der Waals surface area contributed by atoms with Crippen LogP contribution in [-0.2, 0) is 24.3 Å². The largest absolute Gasteiger partial charge is 0.374 e. The van der Waals surface area contributed by atoms with E-state index in [1.165, 1.54) is 24.5 Å². The van der Waals surface area contributed by atoms with Gasteiger partial charge in [0, 0.05) is 18.9 Å². The van der Waals surface area contributed by atoms with Crippen LogP contribution < -0.4 is 5.32 Å². The van der Waals surface area contributed by atoms with Crippen LogP contribution in [0.25, 0.3) is 0 Å². The molecule has 0 aliphatic carbocycles. The highest BCUT2D eigenvalue weighted by Gasteiger charge is 2.44. The predicted octanol–water partition coefficient (Wildman–Crippen LogP) is 0.345. The van der Waals surface area contributed by atoms with Crippen molar-refractivity contribution in [2.24, 2.45) is 0 Å². The van der Waals surface area contributed by atoms with E-state index in [-0.39, 0.29) is 29.4 Å². The van der Waals surface area contributed by atoms with Gasteiger partial charge in [-0.05, 0) is 25.5 Å². The summed E-state index contributed by atoms with van der Waals surface area (Å²) in [6, 6.07) is 5.30. The maximum atomic E-state index is 13.0. The smallest absolute Gasteiger partial charge is 0.264 e. The van der Waals surface area contributed by atoms with Crippen molar-refractivity contribution in [3.63, 3.8) is 0 Å². The van der Waals surface area contributed by atoms with Crippen LogP contribution in [-0.4, -0.2) is 60.8 Å². The fourth-order valence-corrected chi connectivity index (χ4v) is 5.21. The molecule has 1 aromatic rings. The molecule has 0 saturated carbocycles. The van der Waals surface area contributed by atoms with Crippen LogP contribution >= 0.6 is 0 Å². The number of ether oxygens (including phenoxy) is 1. The van der Waals surface area contributed by atoms with Gasteiger partial charge in [-0.25, -0.2) is 8.42 Å². The molecular formula is C18H21N3O5S. The summed E-state index contributed by atoms with van der Waals surface area (Å²) in [4.78, 5) is 26.9. The average molecular weight is 391 g/mol. The van der Waals surface area contributed by atoms with Gasteiger partial charge in [0.05, 0.1) is 30.1 Å². The van der Waals surface area contributed by atoms with Crippen molar-refractivity contribution in [2.45, 2.75) is 42.8 Å². The monoisotopic (exact) mass is 391 g/mol. The van der Waals surface area contributed by atoms with Crippen molar-refractivity contribution >= 4 is 21.8 Å². The third kappa shape index (κ3) is 3.21. The van der Waals surface area contributed by atoms with Gasteiger partial charge < -0.3 is 15.0 Å². The summed E-state index contributed by atoms with van der Waals surface area (Å²) < 4.78 is 32.6. The lowest BCUT2D eigenvalue weighted by atomic mass is 10.1. The molecule has 3 heterocycles. The minimum Gasteiger partial charge on any atom is -0.374 e. The number of aryl methyl sites for hydroxylation is 1. The van der Waals surface area contributed by atoms with E-state index in [0.717, 1.165) is 16.3 Å². The molecule has 1 N–H and O–H groups in total. The van der Waals surface area contributed by atoms with E-state index in [1.54, 1.807) is 17.0 Å². The molecule has 3 aliphatic heterocycles. The summed E-state index contributed by atoms with van der Waals surface area (Å²) in [7, 11) is -3.95. The first-order valence-corrected chi connectivity index (χ1v) is 10.3. The summed E-state index contributed by atoms with van der Waals surface area (Å²) in [5.41, 5.74) is 0.930. The molecule has 0 aromatic heterocycles. The molecule has 9 heteroatoms. The number of carbonyl (C=O) groups is 2. The second kappa shape index (κ2) is 6.65. The van der Waals surface area contributed by atoms with Crippen LogP contribution in [0.3, 0.4) is 0 Å². The molecule has 0 spiro atoms. The third-order valence-electron chi connectivity index (χ3n) is 5.24. The number of carbonyl (C=O) groups excluding carboxylic acids is 2. The molecule has 2 bridgehead atoms. The van der Waals surface area contributed by atoms with Gasteiger partial charge in [0.15, 0.2) is 0 Å². The second-order valence-corrected chi connectivity index (χ2v) is 8.93. The Balaban J connectivity index is 1.58. The lowest BCUT2D eigenvalue weighted by Crippen LogP contribution is -2.52. The summed E-state index contributed by atoms with van der Waals surface area (Å²) >= 11 is 0. The zero-order valence-corrected chi connectivity index (χ0v) is 15.7. The molecule has 3 atom stereocenters. The van der Waals surface area contributed by atoms with Crippen molar-refractivity contribution in [2.75, 3.05) is 13.2 Å². The lowest BCUT2D eigenvalue weighted by Gasteiger charge is -2.33. The molecule has 144 valence electrons. The van der Waals surface area contributed by atoms with E-state index in [9.17, 15) is 18.0 Å². The van der Waals surface area contributed by atoms with E-state index in [4.69, 9.17) is 4.74 Å². The molecule has 2 saturated heterocycles. The number of nitrogens with zero attached hydrogens (tertiary/aromatic N) is 2. The van der Waals surface area contributed by atoms with Crippen molar-refractivity contribution in [3.8, 4) is 0 Å². The van der Waals surface area contributed by atoms with Crippen molar-refractivity contribution in [3.05, 3.63) is 42.2 Å². The van der Waals surface area contributed by atoms with Gasteiger partial charge in [0.25, 0.3) is 10.0 Å². The Morgan fingerprint density at radius 2 is 2.04 bits per heavy atom. The lowest BCUT2D eigenvalue weighted by molar-refractivity contribution is -0.139. The Morgan fingerprint density at radius 1 is 1.30 bits per heavy atom. The highest BCUT2D eigenvalue weighted by molar-refractivity contribution is 7.89. The number of nitrogens with one attached hydrogen (secondary N) is 1. The van der Waals surface area contributed by atoms with Crippen molar-refractivity contribution in [1.82, 2.24) is 14.5 Å². The van der Waals surface area contributed by atoms with Gasteiger partial charge in [-0.1, -0.05) is 17.7 Å². The Morgan fingerprint density at radius 3 is 2.67 bits per heavy atom. The predicted molar refractivity (Wildman–Crippen MR) is 95.7 cm³/mol. The minimum absolute atomic E-state index is 0.0202. The summed E-state index contributed by atoms with van der Waals surface area (Å²) in [5, 5.41) is 2.50. The molecule has 27 heavy (non-hydrogen) atoms. The van der Waals surface area contributed by atoms with Crippen LogP contribution in [0.4, 0.5) is 0 Å². The van der Waals surface area contributed by atoms with Gasteiger partial charge in [-0.2, -0.15) is 0 Å². The molecule has 0 unspecified atom stereocenters. The van der Waals surface area contributed by atoms with Crippen LogP contribution in [0.15, 0.2) is 41.6 Å². The van der Waals surface area contributed by atoms with Gasteiger partial charge in [0.2, 0.25) is 11.8 Å². The molecule has 8 nitrogen and oxygen atoms in total. The van der Waals surface area contributed by atoms with E-state index in [0.29, 0.717) is 13.2 Å². The Hall–Kier alpha value is -2.39. The number of morpholine rings is 1. The molecule has 2 amide bonds. The number of hydrogen-bond acceptors (Lipinski definition) is 5. The quantitative estimate of drug-likeness (QED) is 0.799. The summed E-state index contributed by atoms with van der Waals surface area (Å²) in [6.07, 6.45) is 3.22. The van der Waals surface area contributed by atoms with Gasteiger partial charge in [-0.15, -0.1) is 0 Å². The number of benzene rings is 1. The SMILES string of the molecule is Cc1ccc(S(=O)(=O)N2C=CNC(=O)[C@H]2CC(=O)N2C[C@H]3C[C@H]2CO3)cc1. The number of fused-ring (bicyclic) bond motifs is 2. The van der Waals surface area contributed by atoms with E-state index >= 15 is 0 Å². The van der Waals surface area contributed by atoms with Crippen LogP contribution in [0.5, 0.6) is 0 Å². The van der Waals surface area contributed by atoms with E-state index in [1.807, 2.05) is 6.92 Å². The van der Waals surface area contributed by atoms with Gasteiger partial charge in [0.1, 0.15) is 6.04 Å². The Labute approximate surface area is 157 Å².